The Hall–Kier alpha value is -0.890. The zero-order valence-corrected chi connectivity index (χ0v) is 8.52. The normalized spacial score (nSPS) is 27.1. The quantitative estimate of drug-likeness (QED) is 0.336. The summed E-state index contributed by atoms with van der Waals surface area (Å²) in [5.74, 6) is 3.85. The van der Waals surface area contributed by atoms with Gasteiger partial charge in [-0.05, 0) is 0 Å². The molecule has 1 fully saturated rings. The van der Waals surface area contributed by atoms with Crippen LogP contribution in [0.2, 0.25) is 0 Å². The lowest BCUT2D eigenvalue weighted by Gasteiger charge is -2.12. The van der Waals surface area contributed by atoms with Crippen LogP contribution in [0, 0.1) is 0 Å². The summed E-state index contributed by atoms with van der Waals surface area (Å²) in [5.41, 5.74) is 1.87. The molecule has 0 aliphatic carbocycles. The van der Waals surface area contributed by atoms with Gasteiger partial charge in [-0.2, -0.15) is 0 Å². The number of nitrogens with one attached hydrogen (secondary N) is 2. The molecular formula is C7H11F2N3O2S. The topological polar surface area (TPSA) is 84.2 Å². The van der Waals surface area contributed by atoms with Crippen LogP contribution < -0.4 is 16.6 Å². The number of hydrogen-bond donors (Lipinski definition) is 3. The van der Waals surface area contributed by atoms with E-state index in [0.29, 0.717) is 0 Å². The van der Waals surface area contributed by atoms with Crippen LogP contribution in [0.5, 0.6) is 0 Å². The molecule has 86 valence electrons. The molecule has 1 saturated heterocycles. The van der Waals surface area contributed by atoms with E-state index in [4.69, 9.17) is 5.84 Å². The highest BCUT2D eigenvalue weighted by atomic mass is 32.2. The Labute approximate surface area is 89.1 Å². The molecule has 2 amide bonds. The Morgan fingerprint density at radius 2 is 2.33 bits per heavy atom. The molecule has 0 spiro atoms. The fourth-order valence-corrected chi connectivity index (χ4v) is 2.25. The summed E-state index contributed by atoms with van der Waals surface area (Å²) in [6.07, 6.45) is -2.85. The molecule has 0 saturated carbocycles. The lowest BCUT2D eigenvalue weighted by atomic mass is 10.2. The van der Waals surface area contributed by atoms with Gasteiger partial charge < -0.3 is 5.32 Å². The maximum Gasteiger partial charge on any atom is 0.257 e. The second-order valence-electron chi connectivity index (χ2n) is 3.04. The van der Waals surface area contributed by atoms with E-state index in [1.165, 1.54) is 0 Å². The van der Waals surface area contributed by atoms with E-state index in [1.54, 1.807) is 0 Å². The van der Waals surface area contributed by atoms with Crippen molar-refractivity contribution in [3.63, 3.8) is 0 Å². The number of hydrogen-bond acceptors (Lipinski definition) is 4. The lowest BCUT2D eigenvalue weighted by molar-refractivity contribution is -0.128. The summed E-state index contributed by atoms with van der Waals surface area (Å²) < 4.78 is 24.7. The molecule has 15 heavy (non-hydrogen) atoms. The fraction of sp³-hybridized carbons (Fsp3) is 0.714. The lowest BCUT2D eigenvalue weighted by Crippen LogP contribution is -2.49. The van der Waals surface area contributed by atoms with E-state index in [-0.39, 0.29) is 12.2 Å². The maximum absolute atomic E-state index is 12.4. The standard InChI is InChI=1S/C7H11F2N3O2S/c8-6(9)4-1-5(13)11-3(2-15-4)7(14)12-10/h3-4,6H,1-2,10H2,(H,11,13)(H,12,14)/t3-,4-/m1/s1. The van der Waals surface area contributed by atoms with Gasteiger partial charge in [0, 0.05) is 12.2 Å². The first-order valence-corrected chi connectivity index (χ1v) is 5.29. The number of carbonyl (C=O) groups is 2. The number of carbonyl (C=O) groups excluding carboxylic acids is 2. The van der Waals surface area contributed by atoms with Crippen molar-refractivity contribution in [3.05, 3.63) is 0 Å². The molecule has 8 heteroatoms. The Morgan fingerprint density at radius 3 is 2.87 bits per heavy atom. The number of amides is 2. The molecule has 0 unspecified atom stereocenters. The van der Waals surface area contributed by atoms with E-state index in [0.717, 1.165) is 11.8 Å². The van der Waals surface area contributed by atoms with Crippen molar-refractivity contribution < 1.29 is 18.4 Å². The Morgan fingerprint density at radius 1 is 1.67 bits per heavy atom. The minimum Gasteiger partial charge on any atom is -0.343 e. The molecule has 1 aliphatic rings. The molecule has 1 rings (SSSR count). The van der Waals surface area contributed by atoms with Crippen molar-refractivity contribution in [1.82, 2.24) is 10.7 Å². The molecule has 1 heterocycles. The predicted molar refractivity (Wildman–Crippen MR) is 51.1 cm³/mol. The van der Waals surface area contributed by atoms with Crippen molar-refractivity contribution in [1.29, 1.82) is 0 Å². The van der Waals surface area contributed by atoms with Gasteiger partial charge in [-0.15, -0.1) is 11.8 Å². The molecule has 5 nitrogen and oxygen atoms in total. The summed E-state index contributed by atoms with van der Waals surface area (Å²) in [6.45, 7) is 0. The average Bonchev–Trinajstić information content (AvgIpc) is 2.38. The second kappa shape index (κ2) is 5.26. The van der Waals surface area contributed by atoms with Crippen LogP contribution in [0.3, 0.4) is 0 Å². The zero-order valence-electron chi connectivity index (χ0n) is 7.70. The van der Waals surface area contributed by atoms with Crippen LogP contribution in [0.1, 0.15) is 6.42 Å². The number of nitrogens with two attached hydrogens (primary N) is 1. The van der Waals surface area contributed by atoms with E-state index >= 15 is 0 Å². The van der Waals surface area contributed by atoms with Gasteiger partial charge in [0.2, 0.25) is 5.91 Å². The molecule has 0 bridgehead atoms. The third-order valence-corrected chi connectivity index (χ3v) is 3.26. The Bertz CT molecular complexity index is 265. The molecule has 0 aromatic heterocycles. The average molecular weight is 239 g/mol. The largest absolute Gasteiger partial charge is 0.343 e. The predicted octanol–water partition coefficient (Wildman–Crippen LogP) is -0.768. The summed E-state index contributed by atoms with van der Waals surface area (Å²) in [6, 6.07) is -0.837. The molecule has 0 radical (unpaired) electrons. The number of rotatable bonds is 2. The number of thioether (sulfide) groups is 1. The van der Waals surface area contributed by atoms with Gasteiger partial charge in [-0.25, -0.2) is 14.6 Å². The fourth-order valence-electron chi connectivity index (χ4n) is 1.16. The minimum atomic E-state index is -2.57. The highest BCUT2D eigenvalue weighted by Gasteiger charge is 2.32. The molecule has 4 N–H and O–H groups in total. The third kappa shape index (κ3) is 3.31. The van der Waals surface area contributed by atoms with Crippen molar-refractivity contribution in [2.75, 3.05) is 5.75 Å². The first-order valence-electron chi connectivity index (χ1n) is 4.24. The van der Waals surface area contributed by atoms with Crippen molar-refractivity contribution in [2.24, 2.45) is 5.84 Å². The number of alkyl halides is 2. The summed E-state index contributed by atoms with van der Waals surface area (Å²) in [4.78, 5) is 22.2. The van der Waals surface area contributed by atoms with Crippen LogP contribution in [-0.4, -0.2) is 35.3 Å². The Kier molecular flexibility index (Phi) is 4.28. The smallest absolute Gasteiger partial charge is 0.257 e. The maximum atomic E-state index is 12.4. The van der Waals surface area contributed by atoms with Gasteiger partial charge in [-0.3, -0.25) is 15.0 Å². The van der Waals surface area contributed by atoms with Crippen LogP contribution in [0.4, 0.5) is 8.78 Å². The SMILES string of the molecule is NNC(=O)[C@H]1CS[C@@H](C(F)F)CC(=O)N1. The van der Waals surface area contributed by atoms with Gasteiger partial charge in [0.15, 0.2) is 0 Å². The Balaban J connectivity index is 2.62. The molecular weight excluding hydrogens is 228 g/mol. The first-order chi connectivity index (χ1) is 7.04. The van der Waals surface area contributed by atoms with Crippen molar-refractivity contribution in [3.8, 4) is 0 Å². The minimum absolute atomic E-state index is 0.101. The number of hydrazine groups is 1. The third-order valence-electron chi connectivity index (χ3n) is 1.94. The van der Waals surface area contributed by atoms with Gasteiger partial charge >= 0.3 is 0 Å². The zero-order chi connectivity index (χ0) is 11.4. The highest BCUT2D eigenvalue weighted by molar-refractivity contribution is 8.00. The van der Waals surface area contributed by atoms with E-state index < -0.39 is 29.5 Å². The molecule has 1 aliphatic heterocycles. The highest BCUT2D eigenvalue weighted by Crippen LogP contribution is 2.24. The molecule has 0 aromatic carbocycles. The summed E-state index contributed by atoms with van der Waals surface area (Å²) >= 11 is 0.898. The van der Waals surface area contributed by atoms with Crippen LogP contribution in [-0.2, 0) is 9.59 Å². The van der Waals surface area contributed by atoms with Gasteiger partial charge in [-0.1, -0.05) is 0 Å². The second-order valence-corrected chi connectivity index (χ2v) is 4.31. The van der Waals surface area contributed by atoms with Crippen LogP contribution >= 0.6 is 11.8 Å². The van der Waals surface area contributed by atoms with E-state index in [2.05, 4.69) is 5.32 Å². The van der Waals surface area contributed by atoms with Gasteiger partial charge in [0.1, 0.15) is 6.04 Å². The monoisotopic (exact) mass is 239 g/mol. The van der Waals surface area contributed by atoms with E-state index in [9.17, 15) is 18.4 Å². The summed E-state index contributed by atoms with van der Waals surface area (Å²) in [5, 5.41) is 1.27. The van der Waals surface area contributed by atoms with Gasteiger partial charge in [0.25, 0.3) is 12.3 Å². The van der Waals surface area contributed by atoms with Crippen LogP contribution in [0.25, 0.3) is 0 Å². The van der Waals surface area contributed by atoms with Crippen molar-refractivity contribution >= 4 is 23.6 Å². The molecule has 0 aromatic rings. The van der Waals surface area contributed by atoms with Gasteiger partial charge in [0.05, 0.1) is 5.25 Å². The van der Waals surface area contributed by atoms with Crippen molar-refractivity contribution in [2.45, 2.75) is 24.1 Å². The van der Waals surface area contributed by atoms with Crippen LogP contribution in [0.15, 0.2) is 0 Å². The molecule has 2 atom stereocenters. The van der Waals surface area contributed by atoms with E-state index in [1.807, 2.05) is 5.43 Å². The number of halogens is 2. The summed E-state index contributed by atoms with van der Waals surface area (Å²) in [7, 11) is 0. The first kappa shape index (κ1) is 12.2.